The van der Waals surface area contributed by atoms with E-state index in [4.69, 9.17) is 0 Å². The van der Waals surface area contributed by atoms with Crippen LogP contribution in [-0.2, 0) is 4.79 Å². The van der Waals surface area contributed by atoms with Crippen LogP contribution >= 0.6 is 15.9 Å². The molecule has 0 spiro atoms. The summed E-state index contributed by atoms with van der Waals surface area (Å²) in [6.07, 6.45) is 5.66. The van der Waals surface area contributed by atoms with Crippen LogP contribution in [0.1, 0.15) is 12.2 Å². The molecule has 9 heteroatoms. The van der Waals surface area contributed by atoms with Gasteiger partial charge in [0.15, 0.2) is 0 Å². The zero-order chi connectivity index (χ0) is 20.4. The summed E-state index contributed by atoms with van der Waals surface area (Å²) in [7, 11) is 0. The molecule has 0 saturated carbocycles. The lowest BCUT2D eigenvalue weighted by Gasteiger charge is -2.20. The van der Waals surface area contributed by atoms with Crippen molar-refractivity contribution >= 4 is 50.2 Å². The molecule has 0 aliphatic carbocycles. The molecule has 0 bridgehead atoms. The molecule has 0 radical (unpaired) electrons. The van der Waals surface area contributed by atoms with Gasteiger partial charge in [0.05, 0.1) is 9.99 Å². The van der Waals surface area contributed by atoms with Crippen LogP contribution in [0.15, 0.2) is 47.7 Å². The highest BCUT2D eigenvalue weighted by Crippen LogP contribution is 2.29. The van der Waals surface area contributed by atoms with Crippen LogP contribution in [0.2, 0.25) is 0 Å². The van der Waals surface area contributed by atoms with E-state index in [0.717, 1.165) is 40.7 Å². The van der Waals surface area contributed by atoms with E-state index in [9.17, 15) is 4.79 Å². The lowest BCUT2D eigenvalue weighted by molar-refractivity contribution is -0.111. The molecule has 1 aliphatic heterocycles. The Hall–Kier alpha value is -3.07. The van der Waals surface area contributed by atoms with Crippen molar-refractivity contribution in [1.82, 2.24) is 19.9 Å². The fourth-order valence-corrected chi connectivity index (χ4v) is 3.58. The molecule has 0 unspecified atom stereocenters. The number of nitrogens with one attached hydrogen (secondary N) is 2. The van der Waals surface area contributed by atoms with Crippen molar-refractivity contribution < 1.29 is 4.79 Å². The maximum absolute atomic E-state index is 11.6. The Labute approximate surface area is 176 Å². The van der Waals surface area contributed by atoms with Gasteiger partial charge in [-0.3, -0.25) is 4.79 Å². The zero-order valence-electron chi connectivity index (χ0n) is 15.9. The molecule has 1 saturated heterocycles. The minimum absolute atomic E-state index is 0.229. The number of carbonyl (C=O) groups is 1. The van der Waals surface area contributed by atoms with Gasteiger partial charge < -0.3 is 15.5 Å². The lowest BCUT2D eigenvalue weighted by Crippen LogP contribution is -2.27. The van der Waals surface area contributed by atoms with Gasteiger partial charge in [-0.2, -0.15) is 0 Å². The number of halogens is 1. The molecule has 3 heterocycles. The van der Waals surface area contributed by atoms with Crippen molar-refractivity contribution in [2.45, 2.75) is 19.4 Å². The lowest BCUT2D eigenvalue weighted by atomic mass is 10.2. The van der Waals surface area contributed by atoms with Gasteiger partial charge in [0.1, 0.15) is 11.6 Å². The molecule has 148 valence electrons. The first-order valence-electron chi connectivity index (χ1n) is 9.22. The van der Waals surface area contributed by atoms with E-state index in [0.29, 0.717) is 17.5 Å². The van der Waals surface area contributed by atoms with Crippen LogP contribution in [0.3, 0.4) is 0 Å². The van der Waals surface area contributed by atoms with E-state index < -0.39 is 0 Å². The van der Waals surface area contributed by atoms with Crippen molar-refractivity contribution in [1.29, 1.82) is 0 Å². The molecule has 1 aromatic carbocycles. The molecular weight excluding hydrogens is 434 g/mol. The van der Waals surface area contributed by atoms with E-state index in [2.05, 4.69) is 58.0 Å². The third-order valence-electron chi connectivity index (χ3n) is 4.68. The Kier molecular flexibility index (Phi) is 5.39. The summed E-state index contributed by atoms with van der Waals surface area (Å²) in [5.74, 6) is 1.95. The zero-order valence-corrected chi connectivity index (χ0v) is 17.5. The van der Waals surface area contributed by atoms with E-state index in [1.54, 1.807) is 12.4 Å². The second-order valence-electron chi connectivity index (χ2n) is 6.82. The van der Waals surface area contributed by atoms with Gasteiger partial charge in [-0.25, -0.2) is 19.9 Å². The number of carbonyl (C=O) groups excluding carboxylic acids is 1. The fraction of sp³-hybridized carbons (Fsp3) is 0.250. The Bertz CT molecular complexity index is 1070. The Morgan fingerprint density at radius 3 is 2.86 bits per heavy atom. The Morgan fingerprint density at radius 1 is 1.31 bits per heavy atom. The quantitative estimate of drug-likeness (QED) is 0.571. The van der Waals surface area contributed by atoms with Crippen molar-refractivity contribution in [3.63, 3.8) is 0 Å². The summed E-state index contributed by atoms with van der Waals surface area (Å²) in [4.78, 5) is 31.6. The van der Waals surface area contributed by atoms with Crippen LogP contribution in [0.25, 0.3) is 10.9 Å². The maximum Gasteiger partial charge on any atom is 0.247 e. The van der Waals surface area contributed by atoms with Gasteiger partial charge in [0.2, 0.25) is 11.9 Å². The molecule has 1 amide bonds. The number of anilines is 3. The van der Waals surface area contributed by atoms with E-state index >= 15 is 0 Å². The topological polar surface area (TPSA) is 95.9 Å². The van der Waals surface area contributed by atoms with Gasteiger partial charge in [-0.05, 0) is 53.5 Å². The van der Waals surface area contributed by atoms with Gasteiger partial charge in [0.25, 0.3) is 0 Å². The standard InChI is InChI=1S/C20H20BrN7O/c1-3-18(29)26-14-4-5-16-17(8-14)24-12(2)25-19(16)28-7-6-15(11-28)27-20-22-9-13(21)10-23-20/h3-5,8-10,15H,1,6-7,11H2,2H3,(H,26,29)(H,22,23,27)/t15-/m1/s1. The van der Waals surface area contributed by atoms with Gasteiger partial charge in [-0.1, -0.05) is 6.58 Å². The van der Waals surface area contributed by atoms with Gasteiger partial charge in [0, 0.05) is 42.6 Å². The minimum Gasteiger partial charge on any atom is -0.354 e. The number of benzene rings is 1. The average Bonchev–Trinajstić information content (AvgIpc) is 3.17. The van der Waals surface area contributed by atoms with E-state index in [1.165, 1.54) is 6.08 Å². The number of amides is 1. The second-order valence-corrected chi connectivity index (χ2v) is 7.74. The molecule has 2 aromatic heterocycles. The number of hydrogen-bond acceptors (Lipinski definition) is 7. The summed E-state index contributed by atoms with van der Waals surface area (Å²) in [6.45, 7) is 7.02. The summed E-state index contributed by atoms with van der Waals surface area (Å²) in [5, 5.41) is 7.11. The number of aryl methyl sites for hydroxylation is 1. The monoisotopic (exact) mass is 453 g/mol. The highest BCUT2D eigenvalue weighted by Gasteiger charge is 2.26. The third-order valence-corrected chi connectivity index (χ3v) is 5.09. The first-order valence-corrected chi connectivity index (χ1v) is 10.0. The average molecular weight is 454 g/mol. The van der Waals surface area contributed by atoms with Crippen molar-refractivity contribution in [3.8, 4) is 0 Å². The number of nitrogens with zero attached hydrogens (tertiary/aromatic N) is 5. The van der Waals surface area contributed by atoms with Crippen LogP contribution in [-0.4, -0.2) is 45.0 Å². The van der Waals surface area contributed by atoms with E-state index in [1.807, 2.05) is 25.1 Å². The highest BCUT2D eigenvalue weighted by atomic mass is 79.9. The highest BCUT2D eigenvalue weighted by molar-refractivity contribution is 9.10. The first-order chi connectivity index (χ1) is 14.0. The number of aromatic nitrogens is 4. The summed E-state index contributed by atoms with van der Waals surface area (Å²) in [6, 6.07) is 5.89. The molecule has 8 nitrogen and oxygen atoms in total. The first kappa shape index (κ1) is 19.3. The molecule has 4 rings (SSSR count). The van der Waals surface area contributed by atoms with Gasteiger partial charge in [-0.15, -0.1) is 0 Å². The Balaban J connectivity index is 1.56. The largest absolute Gasteiger partial charge is 0.354 e. The van der Waals surface area contributed by atoms with Crippen LogP contribution in [0.5, 0.6) is 0 Å². The maximum atomic E-state index is 11.6. The Morgan fingerprint density at radius 2 is 2.10 bits per heavy atom. The predicted octanol–water partition coefficient (Wildman–Crippen LogP) is 3.31. The number of fused-ring (bicyclic) bond motifs is 1. The predicted molar refractivity (Wildman–Crippen MR) is 117 cm³/mol. The second kappa shape index (κ2) is 8.12. The molecule has 1 atom stereocenters. The van der Waals surface area contributed by atoms with Crippen molar-refractivity contribution in [2.24, 2.45) is 0 Å². The summed E-state index contributed by atoms with van der Waals surface area (Å²) in [5.41, 5.74) is 1.47. The minimum atomic E-state index is -0.251. The molecule has 2 N–H and O–H groups in total. The van der Waals surface area contributed by atoms with E-state index in [-0.39, 0.29) is 11.9 Å². The molecular formula is C20H20BrN7O. The normalized spacial score (nSPS) is 16.1. The van der Waals surface area contributed by atoms with Crippen LogP contribution in [0.4, 0.5) is 17.5 Å². The SMILES string of the molecule is C=CC(=O)Nc1ccc2c(N3CC[C@@H](Nc4ncc(Br)cn4)C3)nc(C)nc2c1. The molecule has 29 heavy (non-hydrogen) atoms. The number of hydrogen-bond donors (Lipinski definition) is 2. The van der Waals surface area contributed by atoms with Crippen LogP contribution in [0, 0.1) is 6.92 Å². The third kappa shape index (κ3) is 4.34. The molecule has 1 aliphatic rings. The van der Waals surface area contributed by atoms with Crippen molar-refractivity contribution in [2.75, 3.05) is 28.6 Å². The fourth-order valence-electron chi connectivity index (χ4n) is 3.38. The molecule has 3 aromatic rings. The molecule has 1 fully saturated rings. The number of rotatable bonds is 5. The summed E-state index contributed by atoms with van der Waals surface area (Å²) >= 11 is 3.35. The smallest absolute Gasteiger partial charge is 0.247 e. The van der Waals surface area contributed by atoms with Crippen LogP contribution < -0.4 is 15.5 Å². The summed E-state index contributed by atoms with van der Waals surface area (Å²) < 4.78 is 0.850. The van der Waals surface area contributed by atoms with Crippen molar-refractivity contribution in [3.05, 3.63) is 53.5 Å². The van der Waals surface area contributed by atoms with Gasteiger partial charge >= 0.3 is 0 Å².